The van der Waals surface area contributed by atoms with Gasteiger partial charge in [0.15, 0.2) is 0 Å². The van der Waals surface area contributed by atoms with Gasteiger partial charge in [-0.3, -0.25) is 9.59 Å². The third-order valence-electron chi connectivity index (χ3n) is 6.64. The minimum Gasteiger partial charge on any atom is -0.481 e. The summed E-state index contributed by atoms with van der Waals surface area (Å²) in [7, 11) is 0. The Labute approximate surface area is 219 Å². The quantitative estimate of drug-likeness (QED) is 0.480. The summed E-state index contributed by atoms with van der Waals surface area (Å²) < 4.78 is 0. The minimum atomic E-state index is -0.719. The van der Waals surface area contributed by atoms with Crippen LogP contribution in [-0.2, 0) is 9.59 Å². The number of carbonyl (C=O) groups excluding carboxylic acids is 1. The molecule has 6 nitrogen and oxygen atoms in total. The Balaban J connectivity index is 1.46. The number of aliphatic hydroxyl groups excluding tert-OH is 1. The van der Waals surface area contributed by atoms with Crippen molar-refractivity contribution in [1.29, 1.82) is 0 Å². The van der Waals surface area contributed by atoms with Gasteiger partial charge in [-0.25, -0.2) is 0 Å². The summed E-state index contributed by atoms with van der Waals surface area (Å²) in [6, 6.07) is 11.7. The van der Waals surface area contributed by atoms with Gasteiger partial charge in [0.25, 0.3) is 5.91 Å². The second-order valence-electron chi connectivity index (χ2n) is 8.94. The molecule has 9 heteroatoms. The van der Waals surface area contributed by atoms with Crippen molar-refractivity contribution in [1.82, 2.24) is 4.90 Å². The van der Waals surface area contributed by atoms with Crippen molar-refractivity contribution in [3.63, 3.8) is 0 Å². The number of piperidine rings is 2. The molecule has 1 amide bonds. The zero-order chi connectivity index (χ0) is 25.1. The highest BCUT2D eigenvalue weighted by atomic mass is 35.5. The number of aliphatic carboxylic acids is 1. The molecule has 0 unspecified atom stereocenters. The zero-order valence-electron chi connectivity index (χ0n) is 19.3. The largest absolute Gasteiger partial charge is 0.481 e. The van der Waals surface area contributed by atoms with Crippen LogP contribution in [0.3, 0.4) is 0 Å². The van der Waals surface area contributed by atoms with E-state index in [0.29, 0.717) is 67.5 Å². The number of aliphatic hydroxyl groups is 1. The van der Waals surface area contributed by atoms with Crippen molar-refractivity contribution >= 4 is 58.1 Å². The summed E-state index contributed by atoms with van der Waals surface area (Å²) in [6.07, 6.45) is 2.02. The molecule has 2 aromatic carbocycles. The van der Waals surface area contributed by atoms with Crippen molar-refractivity contribution in [2.24, 2.45) is 5.92 Å². The van der Waals surface area contributed by atoms with Gasteiger partial charge in [0.1, 0.15) is 0 Å². The number of carbonyl (C=O) groups is 2. The first-order valence-corrected chi connectivity index (χ1v) is 13.2. The van der Waals surface area contributed by atoms with E-state index in [2.05, 4.69) is 17.5 Å². The average molecular weight is 535 g/mol. The van der Waals surface area contributed by atoms with Crippen LogP contribution < -0.4 is 4.90 Å². The number of nitrogens with zero attached hydrogens (tertiary/aromatic N) is 2. The van der Waals surface area contributed by atoms with E-state index in [0.717, 1.165) is 15.5 Å². The third kappa shape index (κ3) is 5.97. The molecule has 2 aliphatic rings. The van der Waals surface area contributed by atoms with Gasteiger partial charge in [0, 0.05) is 52.8 Å². The molecule has 2 N–H and O–H groups in total. The van der Waals surface area contributed by atoms with Crippen molar-refractivity contribution < 1.29 is 19.8 Å². The molecule has 0 atom stereocenters. The second kappa shape index (κ2) is 11.2. The number of hydrogen-bond donors (Lipinski definition) is 2. The van der Waals surface area contributed by atoms with Crippen LogP contribution in [-0.4, -0.2) is 59.3 Å². The maximum absolute atomic E-state index is 12.9. The molecule has 2 saturated heterocycles. The van der Waals surface area contributed by atoms with E-state index in [-0.39, 0.29) is 23.5 Å². The van der Waals surface area contributed by atoms with Crippen LogP contribution >= 0.6 is 35.0 Å². The zero-order valence-corrected chi connectivity index (χ0v) is 21.6. The standard InChI is InChI=1S/C26H28Cl2N2O4S/c1-16(25(32)30-13-9-19(31)10-14-30)21-5-6-22(24(28)23(21)27)35-20-4-2-3-18(15-20)29-11-7-17(8-12-29)26(33)34/h2-6,15,17,19,31H,1,7-14H2,(H,33,34). The van der Waals surface area contributed by atoms with Crippen LogP contribution in [0, 0.1) is 5.92 Å². The highest BCUT2D eigenvalue weighted by Crippen LogP contribution is 2.41. The molecule has 2 heterocycles. The molecule has 0 aromatic heterocycles. The summed E-state index contributed by atoms with van der Waals surface area (Å²) in [6.45, 7) is 6.36. The van der Waals surface area contributed by atoms with E-state index in [1.165, 1.54) is 11.8 Å². The van der Waals surface area contributed by atoms with E-state index in [1.54, 1.807) is 11.0 Å². The number of carboxylic acid groups (broad SMARTS) is 1. The monoisotopic (exact) mass is 534 g/mol. The van der Waals surface area contributed by atoms with Crippen molar-refractivity contribution in [3.8, 4) is 0 Å². The summed E-state index contributed by atoms with van der Waals surface area (Å²) in [4.78, 5) is 29.8. The fourth-order valence-corrected chi connectivity index (χ4v) is 6.00. The van der Waals surface area contributed by atoms with Crippen molar-refractivity contribution in [3.05, 3.63) is 58.6 Å². The fraction of sp³-hybridized carbons (Fsp3) is 0.385. The van der Waals surface area contributed by atoms with E-state index in [9.17, 15) is 19.8 Å². The number of carboxylic acids is 1. The molecule has 0 radical (unpaired) electrons. The molecule has 2 aliphatic heterocycles. The molecule has 0 spiro atoms. The van der Waals surface area contributed by atoms with Gasteiger partial charge >= 0.3 is 5.97 Å². The van der Waals surface area contributed by atoms with Crippen LogP contribution in [0.15, 0.2) is 52.8 Å². The first-order chi connectivity index (χ1) is 16.7. The Morgan fingerprint density at radius 1 is 0.971 bits per heavy atom. The van der Waals surface area contributed by atoms with Crippen LogP contribution in [0.5, 0.6) is 0 Å². The number of likely N-dealkylation sites (tertiary alicyclic amines) is 1. The first kappa shape index (κ1) is 25.9. The third-order valence-corrected chi connectivity index (χ3v) is 8.68. The lowest BCUT2D eigenvalue weighted by Crippen LogP contribution is -2.40. The normalized spacial score (nSPS) is 17.5. The first-order valence-electron chi connectivity index (χ1n) is 11.6. The SMILES string of the molecule is C=C(C(=O)N1CCC(O)CC1)c1ccc(Sc2cccc(N3CCC(C(=O)O)CC3)c2)c(Cl)c1Cl. The smallest absolute Gasteiger partial charge is 0.306 e. The summed E-state index contributed by atoms with van der Waals surface area (Å²) in [5, 5.41) is 19.6. The number of hydrogen-bond acceptors (Lipinski definition) is 5. The minimum absolute atomic E-state index is 0.199. The van der Waals surface area contributed by atoms with Gasteiger partial charge in [0.05, 0.1) is 22.1 Å². The molecule has 0 bridgehead atoms. The Morgan fingerprint density at radius 3 is 2.31 bits per heavy atom. The lowest BCUT2D eigenvalue weighted by molar-refractivity contribution is -0.142. The van der Waals surface area contributed by atoms with Gasteiger partial charge in [-0.1, -0.05) is 53.7 Å². The van der Waals surface area contributed by atoms with Crippen LogP contribution in [0.2, 0.25) is 10.0 Å². The van der Waals surface area contributed by atoms with E-state index in [1.807, 2.05) is 24.3 Å². The lowest BCUT2D eigenvalue weighted by atomic mass is 9.97. The van der Waals surface area contributed by atoms with Crippen LogP contribution in [0.25, 0.3) is 5.57 Å². The number of anilines is 1. The lowest BCUT2D eigenvalue weighted by Gasteiger charge is -2.32. The molecular formula is C26H28Cl2N2O4S. The molecule has 0 saturated carbocycles. The van der Waals surface area contributed by atoms with Gasteiger partial charge in [-0.05, 0) is 49.9 Å². The Bertz CT molecular complexity index is 1130. The Hall–Kier alpha value is -2.19. The fourth-order valence-electron chi connectivity index (χ4n) is 4.47. The predicted molar refractivity (Wildman–Crippen MR) is 140 cm³/mol. The molecule has 2 aromatic rings. The highest BCUT2D eigenvalue weighted by molar-refractivity contribution is 7.99. The molecule has 4 rings (SSSR count). The molecule has 35 heavy (non-hydrogen) atoms. The van der Waals surface area contributed by atoms with Gasteiger partial charge in [0.2, 0.25) is 0 Å². The molecule has 0 aliphatic carbocycles. The molecule has 2 fully saturated rings. The summed E-state index contributed by atoms with van der Waals surface area (Å²) in [5.41, 5.74) is 1.84. The highest BCUT2D eigenvalue weighted by Gasteiger charge is 2.26. The van der Waals surface area contributed by atoms with Crippen LogP contribution in [0.1, 0.15) is 31.2 Å². The van der Waals surface area contributed by atoms with E-state index in [4.69, 9.17) is 23.2 Å². The number of halogens is 2. The predicted octanol–water partition coefficient (Wildman–Crippen LogP) is 5.44. The van der Waals surface area contributed by atoms with E-state index < -0.39 is 5.97 Å². The van der Waals surface area contributed by atoms with E-state index >= 15 is 0 Å². The Morgan fingerprint density at radius 2 is 1.66 bits per heavy atom. The number of rotatable bonds is 6. The van der Waals surface area contributed by atoms with Crippen molar-refractivity contribution in [2.45, 2.75) is 41.6 Å². The Kier molecular flexibility index (Phi) is 8.32. The van der Waals surface area contributed by atoms with Gasteiger partial charge < -0.3 is 20.0 Å². The van der Waals surface area contributed by atoms with Gasteiger partial charge in [-0.2, -0.15) is 0 Å². The van der Waals surface area contributed by atoms with Crippen LogP contribution in [0.4, 0.5) is 5.69 Å². The second-order valence-corrected chi connectivity index (χ2v) is 10.8. The number of benzene rings is 2. The average Bonchev–Trinajstić information content (AvgIpc) is 2.87. The maximum atomic E-state index is 12.9. The summed E-state index contributed by atoms with van der Waals surface area (Å²) in [5.74, 6) is -1.19. The van der Waals surface area contributed by atoms with Gasteiger partial charge in [-0.15, -0.1) is 0 Å². The topological polar surface area (TPSA) is 81.1 Å². The molecular weight excluding hydrogens is 507 g/mol. The van der Waals surface area contributed by atoms with Crippen molar-refractivity contribution in [2.75, 3.05) is 31.1 Å². The maximum Gasteiger partial charge on any atom is 0.306 e. The number of amides is 1. The summed E-state index contributed by atoms with van der Waals surface area (Å²) >= 11 is 14.7. The molecule has 186 valence electrons.